The van der Waals surface area contributed by atoms with Crippen molar-refractivity contribution in [3.05, 3.63) is 112 Å². The van der Waals surface area contributed by atoms with Gasteiger partial charge in [0.05, 0.1) is 38.1 Å². The van der Waals surface area contributed by atoms with Crippen LogP contribution in [0.3, 0.4) is 0 Å². The van der Waals surface area contributed by atoms with E-state index in [2.05, 4.69) is 17.2 Å². The Kier molecular flexibility index (Phi) is 10.3. The highest BCUT2D eigenvalue weighted by Gasteiger charge is 2.39. The first kappa shape index (κ1) is 31.7. The predicted molar refractivity (Wildman–Crippen MR) is 166 cm³/mol. The van der Waals surface area contributed by atoms with E-state index in [0.29, 0.717) is 11.7 Å². The van der Waals surface area contributed by atoms with Crippen molar-refractivity contribution in [2.75, 3.05) is 0 Å². The molecule has 0 aliphatic carbocycles. The van der Waals surface area contributed by atoms with Crippen molar-refractivity contribution in [1.82, 2.24) is 14.9 Å². The third-order valence-electron chi connectivity index (χ3n) is 7.71. The Morgan fingerprint density at radius 1 is 0.932 bits per heavy atom. The number of aliphatic hydroxyl groups is 1. The van der Waals surface area contributed by atoms with Gasteiger partial charge in [-0.3, -0.25) is 9.59 Å². The van der Waals surface area contributed by atoms with Crippen molar-refractivity contribution >= 4 is 35.1 Å². The van der Waals surface area contributed by atoms with E-state index in [-0.39, 0.29) is 55.2 Å². The van der Waals surface area contributed by atoms with Crippen LogP contribution in [-0.2, 0) is 38.8 Å². The Bertz CT molecular complexity index is 1610. The van der Waals surface area contributed by atoms with Gasteiger partial charge in [0.2, 0.25) is 5.91 Å². The summed E-state index contributed by atoms with van der Waals surface area (Å²) in [5.41, 5.74) is 5.39. The number of nitrogens with one attached hydrogen (secondary N) is 1. The molecule has 230 valence electrons. The van der Waals surface area contributed by atoms with E-state index < -0.39 is 12.3 Å². The molecule has 9 nitrogen and oxygen atoms in total. The number of ether oxygens (including phenoxy) is 2. The summed E-state index contributed by atoms with van der Waals surface area (Å²) < 4.78 is 14.9. The molecule has 3 N–H and O–H groups in total. The number of nitrogens with zero attached hydrogens (tertiary/aromatic N) is 2. The number of hydrogen-bond donors (Lipinski definition) is 3. The molecule has 1 aliphatic rings. The highest BCUT2D eigenvalue weighted by Crippen LogP contribution is 2.43. The van der Waals surface area contributed by atoms with Crippen molar-refractivity contribution in [3.8, 4) is 11.1 Å². The van der Waals surface area contributed by atoms with Crippen molar-refractivity contribution in [2.24, 2.45) is 5.92 Å². The smallest absolute Gasteiger partial charge is 0.303 e. The zero-order valence-corrected chi connectivity index (χ0v) is 25.5. The van der Waals surface area contributed by atoms with E-state index >= 15 is 0 Å². The number of benzene rings is 3. The lowest BCUT2D eigenvalue weighted by Gasteiger charge is -2.41. The minimum Gasteiger partial charge on any atom is -0.481 e. The highest BCUT2D eigenvalue weighted by molar-refractivity contribution is 6.40. The lowest BCUT2D eigenvalue weighted by molar-refractivity contribution is -0.276. The second-order valence-electron chi connectivity index (χ2n) is 10.8. The molecule has 44 heavy (non-hydrogen) atoms. The monoisotopic (exact) mass is 637 g/mol. The molecule has 2 heterocycles. The predicted octanol–water partition coefficient (Wildman–Crippen LogP) is 6.32. The number of aliphatic carboxylic acids is 1. The summed E-state index contributed by atoms with van der Waals surface area (Å²) in [6.45, 7) is 2.74. The van der Waals surface area contributed by atoms with E-state index in [9.17, 15) is 14.7 Å². The van der Waals surface area contributed by atoms with Gasteiger partial charge in [-0.15, -0.1) is 0 Å². The molecule has 0 saturated carbocycles. The number of carboxylic acids is 1. The van der Waals surface area contributed by atoms with Crippen LogP contribution in [0.1, 0.15) is 54.4 Å². The summed E-state index contributed by atoms with van der Waals surface area (Å²) in [7, 11) is 0. The summed E-state index contributed by atoms with van der Waals surface area (Å²) in [6, 6.07) is 23.4. The van der Waals surface area contributed by atoms with Crippen molar-refractivity contribution < 1.29 is 29.3 Å². The molecule has 0 unspecified atom stereocenters. The molecule has 4 aromatic rings. The third-order valence-corrected chi connectivity index (χ3v) is 8.48. The molecule has 4 atom stereocenters. The Morgan fingerprint density at radius 2 is 1.66 bits per heavy atom. The number of carbonyl (C=O) groups excluding carboxylic acids is 1. The molecule has 1 amide bonds. The summed E-state index contributed by atoms with van der Waals surface area (Å²) in [5, 5.41) is 21.7. The van der Waals surface area contributed by atoms with Crippen LogP contribution in [0.25, 0.3) is 11.1 Å². The molecule has 3 aromatic carbocycles. The second kappa shape index (κ2) is 14.4. The first-order valence-corrected chi connectivity index (χ1v) is 15.0. The Morgan fingerprint density at radius 3 is 2.34 bits per heavy atom. The zero-order chi connectivity index (χ0) is 31.2. The van der Waals surface area contributed by atoms with Crippen molar-refractivity contribution in [3.63, 3.8) is 0 Å². The molecular weight excluding hydrogens is 605 g/mol. The normalized spacial score (nSPS) is 19.9. The number of halogens is 2. The zero-order valence-electron chi connectivity index (χ0n) is 24.0. The number of carboxylic acid groups (broad SMARTS) is 1. The largest absolute Gasteiger partial charge is 0.481 e. The van der Waals surface area contributed by atoms with E-state index in [1.54, 1.807) is 10.9 Å². The van der Waals surface area contributed by atoms with E-state index in [0.717, 1.165) is 33.4 Å². The van der Waals surface area contributed by atoms with Gasteiger partial charge in [0, 0.05) is 24.4 Å². The van der Waals surface area contributed by atoms with Crippen molar-refractivity contribution in [1.29, 1.82) is 0 Å². The van der Waals surface area contributed by atoms with Gasteiger partial charge < -0.3 is 29.6 Å². The Labute approximate surface area is 265 Å². The van der Waals surface area contributed by atoms with Gasteiger partial charge in [0.15, 0.2) is 11.4 Å². The highest BCUT2D eigenvalue weighted by atomic mass is 35.5. The number of amides is 1. The standard InChI is InChI=1S/C33H33Cl2N3O6/c1-20-27(17-38-19-37-31(34)32(38)35)43-33(44-30(20)23-10-8-21(18-39)9-11-23)26-7-3-6-25(15-26)24-5-2-4-22(14-24)16-36-28(40)12-13-29(41)42/h2-11,14-15,19-20,27,30,33,39H,12-13,16-18H2,1H3,(H,36,40)(H,41,42)/t20-,27+,30+,33+/m1/s1. The lowest BCUT2D eigenvalue weighted by atomic mass is 9.90. The van der Waals surface area contributed by atoms with Crippen LogP contribution in [-0.4, -0.2) is 37.7 Å². The first-order valence-electron chi connectivity index (χ1n) is 14.3. The molecule has 1 aromatic heterocycles. The van der Waals surface area contributed by atoms with Crippen molar-refractivity contribution in [2.45, 2.75) is 58.0 Å². The summed E-state index contributed by atoms with van der Waals surface area (Å²) in [4.78, 5) is 26.9. The molecule has 5 rings (SSSR count). The van der Waals surface area contributed by atoms with Crippen LogP contribution in [0.15, 0.2) is 79.1 Å². The molecule has 0 radical (unpaired) electrons. The minimum absolute atomic E-state index is 0.0410. The van der Waals surface area contributed by atoms with E-state index in [1.807, 2.05) is 72.8 Å². The van der Waals surface area contributed by atoms with Gasteiger partial charge in [-0.1, -0.05) is 90.8 Å². The number of hydrogen-bond acceptors (Lipinski definition) is 6. The molecule has 0 spiro atoms. The summed E-state index contributed by atoms with van der Waals surface area (Å²) in [5.74, 6) is -1.38. The molecule has 1 fully saturated rings. The average molecular weight is 639 g/mol. The number of carbonyl (C=O) groups is 2. The average Bonchev–Trinajstić information content (AvgIpc) is 3.36. The van der Waals surface area contributed by atoms with Crippen LogP contribution in [0.2, 0.25) is 10.3 Å². The van der Waals surface area contributed by atoms with Crippen LogP contribution in [0.4, 0.5) is 0 Å². The first-order chi connectivity index (χ1) is 21.2. The Hall–Kier alpha value is -3.73. The van der Waals surface area contributed by atoms with E-state index in [4.69, 9.17) is 37.8 Å². The maximum absolute atomic E-state index is 12.0. The number of aliphatic hydroxyl groups excluding tert-OH is 1. The molecular formula is C33H33Cl2N3O6. The van der Waals surface area contributed by atoms with Crippen LogP contribution < -0.4 is 5.32 Å². The quantitative estimate of drug-likeness (QED) is 0.176. The van der Waals surface area contributed by atoms with E-state index in [1.165, 1.54) is 0 Å². The molecule has 1 aliphatic heterocycles. The fourth-order valence-electron chi connectivity index (χ4n) is 5.23. The van der Waals surface area contributed by atoms with Gasteiger partial charge in [0.1, 0.15) is 5.15 Å². The third kappa shape index (κ3) is 7.67. The Balaban J connectivity index is 1.38. The SMILES string of the molecule is C[C@@H]1[C@H](Cn2cnc(Cl)c2Cl)O[C@H](c2cccc(-c3cccc(CNC(=O)CCC(=O)O)c3)c2)O[C@@H]1c1ccc(CO)cc1. The number of imidazole rings is 1. The number of aromatic nitrogens is 2. The number of rotatable bonds is 11. The van der Waals surface area contributed by atoms with Gasteiger partial charge >= 0.3 is 5.97 Å². The van der Waals surface area contributed by atoms with Gasteiger partial charge in [0.25, 0.3) is 0 Å². The second-order valence-corrected chi connectivity index (χ2v) is 11.5. The summed E-state index contributed by atoms with van der Waals surface area (Å²) in [6.07, 6.45) is 0.0370. The van der Waals surface area contributed by atoms with Crippen LogP contribution in [0.5, 0.6) is 0 Å². The van der Waals surface area contributed by atoms with Gasteiger partial charge in [-0.25, -0.2) is 4.98 Å². The van der Waals surface area contributed by atoms with Crippen LogP contribution in [0, 0.1) is 5.92 Å². The van der Waals surface area contributed by atoms with Crippen LogP contribution >= 0.6 is 23.2 Å². The maximum Gasteiger partial charge on any atom is 0.303 e. The maximum atomic E-state index is 12.0. The van der Waals surface area contributed by atoms with Gasteiger partial charge in [-0.2, -0.15) is 0 Å². The molecule has 1 saturated heterocycles. The fraction of sp³-hybridized carbons (Fsp3) is 0.303. The topological polar surface area (TPSA) is 123 Å². The molecule has 11 heteroatoms. The summed E-state index contributed by atoms with van der Waals surface area (Å²) >= 11 is 12.5. The fourth-order valence-corrected chi connectivity index (χ4v) is 5.54. The minimum atomic E-state index is -1.01. The lowest BCUT2D eigenvalue weighted by Crippen LogP contribution is -2.39. The molecule has 0 bridgehead atoms. The van der Waals surface area contributed by atoms with Gasteiger partial charge in [-0.05, 0) is 39.9 Å².